The Labute approximate surface area is 168 Å². The molecule has 1 amide bonds. The summed E-state index contributed by atoms with van der Waals surface area (Å²) >= 11 is 0. The van der Waals surface area contributed by atoms with Crippen molar-refractivity contribution in [3.8, 4) is 5.75 Å². The smallest absolute Gasteiger partial charge is 0.417 e. The predicted octanol–water partition coefficient (Wildman–Crippen LogP) is 4.80. The Balaban J connectivity index is 2.31. The van der Waals surface area contributed by atoms with Crippen molar-refractivity contribution in [2.24, 2.45) is 0 Å². The Morgan fingerprint density at radius 2 is 1.53 bits per heavy atom. The average Bonchev–Trinajstić information content (AvgIpc) is 2.54. The number of aliphatic hydroxyl groups is 1. The topological polar surface area (TPSA) is 69.6 Å². The van der Waals surface area contributed by atoms with Crippen LogP contribution in [0.25, 0.3) is 0 Å². The molecule has 10 heteroatoms. The molecule has 0 fully saturated rings. The van der Waals surface area contributed by atoms with Gasteiger partial charge in [-0.1, -0.05) is 13.8 Å². The van der Waals surface area contributed by atoms with Crippen molar-refractivity contribution in [2.75, 3.05) is 5.32 Å². The Morgan fingerprint density at radius 3 is 2.07 bits per heavy atom. The van der Waals surface area contributed by atoms with E-state index in [4.69, 9.17) is 0 Å². The molecule has 0 aliphatic heterocycles. The number of alkyl halides is 3. The highest BCUT2D eigenvalue weighted by molar-refractivity contribution is 5.91. The van der Waals surface area contributed by atoms with Gasteiger partial charge in [0.2, 0.25) is 5.91 Å². The average molecular weight is 435 g/mol. The van der Waals surface area contributed by atoms with E-state index in [1.54, 1.807) is 0 Å². The summed E-state index contributed by atoms with van der Waals surface area (Å²) < 4.78 is 81.0. The molecule has 164 valence electrons. The lowest BCUT2D eigenvalue weighted by molar-refractivity contribution is -0.266. The maximum absolute atomic E-state index is 13.7. The van der Waals surface area contributed by atoms with Gasteiger partial charge in [0.25, 0.3) is 0 Å². The van der Waals surface area contributed by atoms with Gasteiger partial charge in [-0.05, 0) is 42.2 Å². The van der Waals surface area contributed by atoms with E-state index in [2.05, 4.69) is 0 Å². The Morgan fingerprint density at radius 1 is 0.967 bits per heavy atom. The number of phenols is 1. The molecule has 0 saturated carbocycles. The van der Waals surface area contributed by atoms with Gasteiger partial charge in [-0.25, -0.2) is 13.2 Å². The second-order valence-corrected chi connectivity index (χ2v) is 7.63. The number of nitrogens with one attached hydrogen (secondary N) is 1. The van der Waals surface area contributed by atoms with Gasteiger partial charge >= 0.3 is 6.18 Å². The van der Waals surface area contributed by atoms with Crippen LogP contribution in [0, 0.1) is 17.5 Å². The SMILES string of the molecule is CC(C)(CC(O)(CC(=O)Nc1cc(F)cc(F)c1)C(F)(F)F)c1cc(F)ccc1O. The molecule has 4 nitrogen and oxygen atoms in total. The number of rotatable bonds is 6. The van der Waals surface area contributed by atoms with Crippen molar-refractivity contribution >= 4 is 11.6 Å². The fourth-order valence-corrected chi connectivity index (χ4v) is 3.24. The molecule has 30 heavy (non-hydrogen) atoms. The first-order chi connectivity index (χ1) is 13.6. The molecule has 0 radical (unpaired) electrons. The summed E-state index contributed by atoms with van der Waals surface area (Å²) in [6, 6.07) is 4.61. The molecule has 0 aliphatic carbocycles. The molecule has 0 bridgehead atoms. The number of hydrogen-bond acceptors (Lipinski definition) is 3. The number of carbonyl (C=O) groups excluding carboxylic acids is 1. The summed E-state index contributed by atoms with van der Waals surface area (Å²) in [5.41, 5.74) is -5.81. The van der Waals surface area contributed by atoms with E-state index in [9.17, 15) is 41.4 Å². The monoisotopic (exact) mass is 435 g/mol. The van der Waals surface area contributed by atoms with Crippen LogP contribution in [0.1, 0.15) is 32.3 Å². The first kappa shape index (κ1) is 23.5. The van der Waals surface area contributed by atoms with Gasteiger partial charge < -0.3 is 15.5 Å². The van der Waals surface area contributed by atoms with E-state index in [0.29, 0.717) is 18.2 Å². The van der Waals surface area contributed by atoms with Crippen LogP contribution < -0.4 is 5.32 Å². The van der Waals surface area contributed by atoms with E-state index in [1.165, 1.54) is 13.8 Å². The number of aromatic hydroxyl groups is 1. The standard InChI is InChI=1S/C20H19F6NO3/c1-18(2,15-8-11(21)3-4-16(15)28)10-19(30,20(24,25)26)9-17(29)27-14-6-12(22)5-13(23)7-14/h3-8,28,30H,9-10H2,1-2H3,(H,27,29). The third-order valence-electron chi connectivity index (χ3n) is 4.55. The van der Waals surface area contributed by atoms with Gasteiger partial charge in [0.05, 0.1) is 6.42 Å². The minimum absolute atomic E-state index is 0.196. The van der Waals surface area contributed by atoms with Crippen LogP contribution in [0.3, 0.4) is 0 Å². The number of anilines is 1. The Kier molecular flexibility index (Phi) is 6.41. The van der Waals surface area contributed by atoms with E-state index < -0.39 is 64.8 Å². The summed E-state index contributed by atoms with van der Waals surface area (Å²) in [5.74, 6) is -4.75. The van der Waals surface area contributed by atoms with Crippen molar-refractivity contribution in [3.63, 3.8) is 0 Å². The van der Waals surface area contributed by atoms with Crippen LogP contribution >= 0.6 is 0 Å². The van der Waals surface area contributed by atoms with Gasteiger partial charge in [-0.2, -0.15) is 13.2 Å². The maximum Gasteiger partial charge on any atom is 0.417 e. The summed E-state index contributed by atoms with van der Waals surface area (Å²) in [4.78, 5) is 12.1. The van der Waals surface area contributed by atoms with Crippen LogP contribution in [0.5, 0.6) is 5.75 Å². The lowest BCUT2D eigenvalue weighted by Gasteiger charge is -2.37. The lowest BCUT2D eigenvalue weighted by Crippen LogP contribution is -2.51. The van der Waals surface area contributed by atoms with E-state index in [1.807, 2.05) is 5.32 Å². The zero-order chi connectivity index (χ0) is 22.9. The van der Waals surface area contributed by atoms with E-state index in [-0.39, 0.29) is 5.56 Å². The van der Waals surface area contributed by atoms with Crippen molar-refractivity contribution in [3.05, 3.63) is 59.4 Å². The first-order valence-electron chi connectivity index (χ1n) is 8.67. The number of hydrogen-bond donors (Lipinski definition) is 3. The van der Waals surface area contributed by atoms with Gasteiger partial charge in [0, 0.05) is 17.3 Å². The van der Waals surface area contributed by atoms with Crippen molar-refractivity contribution in [1.82, 2.24) is 0 Å². The highest BCUT2D eigenvalue weighted by Crippen LogP contribution is 2.45. The first-order valence-corrected chi connectivity index (χ1v) is 8.67. The molecule has 3 N–H and O–H groups in total. The number of amides is 1. The zero-order valence-electron chi connectivity index (χ0n) is 15.9. The molecule has 0 spiro atoms. The van der Waals surface area contributed by atoms with Gasteiger partial charge in [0.15, 0.2) is 5.60 Å². The van der Waals surface area contributed by atoms with Crippen LogP contribution in [0.2, 0.25) is 0 Å². The largest absolute Gasteiger partial charge is 0.508 e. The summed E-state index contributed by atoms with van der Waals surface area (Å²) in [6.07, 6.45) is -7.88. The molecular weight excluding hydrogens is 416 g/mol. The van der Waals surface area contributed by atoms with Gasteiger partial charge in [-0.15, -0.1) is 0 Å². The molecule has 1 unspecified atom stereocenters. The van der Waals surface area contributed by atoms with E-state index in [0.717, 1.165) is 18.2 Å². The van der Waals surface area contributed by atoms with Crippen molar-refractivity contribution < 1.29 is 41.4 Å². The highest BCUT2D eigenvalue weighted by atomic mass is 19.4. The van der Waals surface area contributed by atoms with Crippen molar-refractivity contribution in [1.29, 1.82) is 0 Å². The Bertz CT molecular complexity index is 924. The second-order valence-electron chi connectivity index (χ2n) is 7.63. The van der Waals surface area contributed by atoms with Crippen LogP contribution in [0.4, 0.5) is 32.0 Å². The van der Waals surface area contributed by atoms with Crippen LogP contribution in [0.15, 0.2) is 36.4 Å². The third-order valence-corrected chi connectivity index (χ3v) is 4.55. The summed E-state index contributed by atoms with van der Waals surface area (Å²) in [6.45, 7) is 2.47. The molecular formula is C20H19F6NO3. The Hall–Kier alpha value is -2.75. The number of halogens is 6. The molecule has 1 atom stereocenters. The zero-order valence-corrected chi connectivity index (χ0v) is 15.9. The minimum Gasteiger partial charge on any atom is -0.508 e. The fraction of sp³-hybridized carbons (Fsp3) is 0.350. The number of benzene rings is 2. The molecule has 0 saturated heterocycles. The molecule has 0 heterocycles. The normalized spacial score (nSPS) is 14.3. The lowest BCUT2D eigenvalue weighted by atomic mass is 9.73. The van der Waals surface area contributed by atoms with E-state index >= 15 is 0 Å². The van der Waals surface area contributed by atoms with Crippen molar-refractivity contribution in [2.45, 2.75) is 43.9 Å². The predicted molar refractivity (Wildman–Crippen MR) is 96.3 cm³/mol. The number of carbonyl (C=O) groups is 1. The summed E-state index contributed by atoms with van der Waals surface area (Å²) in [5, 5.41) is 22.2. The van der Waals surface area contributed by atoms with Crippen LogP contribution in [-0.2, 0) is 10.2 Å². The second kappa shape index (κ2) is 8.17. The fourth-order valence-electron chi connectivity index (χ4n) is 3.24. The van der Waals surface area contributed by atoms with Gasteiger partial charge in [-0.3, -0.25) is 4.79 Å². The molecule has 2 rings (SSSR count). The molecule has 2 aromatic rings. The number of phenolic OH excluding ortho intramolecular Hbond substituents is 1. The maximum atomic E-state index is 13.7. The minimum atomic E-state index is -5.28. The summed E-state index contributed by atoms with van der Waals surface area (Å²) in [7, 11) is 0. The van der Waals surface area contributed by atoms with Gasteiger partial charge in [0.1, 0.15) is 23.2 Å². The molecule has 0 aliphatic rings. The van der Waals surface area contributed by atoms with Crippen LogP contribution in [-0.4, -0.2) is 27.9 Å². The molecule has 2 aromatic carbocycles. The quantitative estimate of drug-likeness (QED) is 0.571. The highest BCUT2D eigenvalue weighted by Gasteiger charge is 2.57. The third kappa shape index (κ3) is 5.44. The molecule has 0 aromatic heterocycles.